The summed E-state index contributed by atoms with van der Waals surface area (Å²) >= 11 is 18.3. The predicted molar refractivity (Wildman–Crippen MR) is 186 cm³/mol. The standard InChI is InChI=1S/C22H19Cl2NO3.C15H14ClNO3/c1-2-27-22(26)18-10-15(12-25-13-18)9-17-11-19(23)7-8-21(17)28-14-16-5-3-4-6-20(16)24;1-2-20-15(19)13-5-3-4-12(17-13)9-10-8-11(16)6-7-14(10)18/h3-8,10-13H,2,9,14H2,1H3;3-8,18H,2,9H2,1H3. The summed E-state index contributed by atoms with van der Waals surface area (Å²) in [7, 11) is 0. The van der Waals surface area contributed by atoms with Crippen LogP contribution in [-0.4, -0.2) is 40.2 Å². The van der Waals surface area contributed by atoms with Gasteiger partial charge in [0.25, 0.3) is 0 Å². The zero-order valence-corrected chi connectivity index (χ0v) is 28.6. The number of hydrogen-bond donors (Lipinski definition) is 1. The number of hydrogen-bond acceptors (Lipinski definition) is 8. The van der Waals surface area contributed by atoms with Crippen molar-refractivity contribution in [3.63, 3.8) is 0 Å². The number of benzene rings is 3. The third kappa shape index (κ3) is 10.7. The quantitative estimate of drug-likeness (QED) is 0.136. The fourth-order valence-electron chi connectivity index (χ4n) is 4.52. The number of carbonyl (C=O) groups is 2. The number of rotatable bonds is 11. The zero-order valence-electron chi connectivity index (χ0n) is 26.3. The first kappa shape index (κ1) is 36.2. The van der Waals surface area contributed by atoms with Crippen LogP contribution in [0.15, 0.2) is 97.3 Å². The smallest absolute Gasteiger partial charge is 0.356 e. The Hall–Kier alpha value is -4.63. The van der Waals surface area contributed by atoms with Crippen LogP contribution in [0.5, 0.6) is 11.5 Å². The van der Waals surface area contributed by atoms with E-state index in [1.807, 2.05) is 36.4 Å². The van der Waals surface area contributed by atoms with E-state index in [0.29, 0.717) is 70.3 Å². The molecule has 48 heavy (non-hydrogen) atoms. The van der Waals surface area contributed by atoms with Crippen molar-refractivity contribution in [2.75, 3.05) is 13.2 Å². The molecule has 0 atom stereocenters. The van der Waals surface area contributed by atoms with E-state index in [0.717, 1.165) is 16.7 Å². The molecular weight excluding hydrogens is 675 g/mol. The number of phenols is 1. The summed E-state index contributed by atoms with van der Waals surface area (Å²) in [6.45, 7) is 4.47. The summed E-state index contributed by atoms with van der Waals surface area (Å²) in [5.41, 5.74) is 4.64. The Labute approximate surface area is 294 Å². The minimum absolute atomic E-state index is 0.151. The van der Waals surface area contributed by atoms with Crippen LogP contribution in [-0.2, 0) is 28.9 Å². The minimum Gasteiger partial charge on any atom is -0.508 e. The summed E-state index contributed by atoms with van der Waals surface area (Å²) in [5, 5.41) is 11.6. The van der Waals surface area contributed by atoms with Crippen molar-refractivity contribution < 1.29 is 28.9 Å². The fourth-order valence-corrected chi connectivity index (χ4v) is 5.10. The molecule has 8 nitrogen and oxygen atoms in total. The van der Waals surface area contributed by atoms with Crippen LogP contribution >= 0.6 is 34.8 Å². The van der Waals surface area contributed by atoms with E-state index < -0.39 is 11.9 Å². The number of esters is 2. The average molecular weight is 708 g/mol. The molecule has 0 aliphatic rings. The number of pyridine rings is 2. The molecule has 0 saturated carbocycles. The Morgan fingerprint density at radius 3 is 2.19 bits per heavy atom. The van der Waals surface area contributed by atoms with E-state index >= 15 is 0 Å². The fraction of sp³-hybridized carbons (Fsp3) is 0.189. The lowest BCUT2D eigenvalue weighted by atomic mass is 10.0. The van der Waals surface area contributed by atoms with E-state index in [-0.39, 0.29) is 11.4 Å². The maximum atomic E-state index is 11.9. The minimum atomic E-state index is -0.454. The lowest BCUT2D eigenvalue weighted by molar-refractivity contribution is 0.0512. The molecule has 0 bridgehead atoms. The number of nitrogens with zero attached hydrogens (tertiary/aromatic N) is 2. The first-order valence-electron chi connectivity index (χ1n) is 15.0. The van der Waals surface area contributed by atoms with E-state index in [1.54, 1.807) is 62.5 Å². The second kappa shape index (κ2) is 18.1. The Morgan fingerprint density at radius 1 is 0.729 bits per heavy atom. The highest BCUT2D eigenvalue weighted by molar-refractivity contribution is 6.31. The van der Waals surface area contributed by atoms with Gasteiger partial charge >= 0.3 is 11.9 Å². The van der Waals surface area contributed by atoms with Gasteiger partial charge in [0.15, 0.2) is 0 Å². The topological polar surface area (TPSA) is 108 Å². The maximum absolute atomic E-state index is 11.9. The molecule has 11 heteroatoms. The first-order chi connectivity index (χ1) is 23.2. The molecule has 2 aromatic heterocycles. The third-order valence-electron chi connectivity index (χ3n) is 6.77. The van der Waals surface area contributed by atoms with Gasteiger partial charge in [0.2, 0.25) is 0 Å². The summed E-state index contributed by atoms with van der Waals surface area (Å²) in [4.78, 5) is 31.9. The van der Waals surface area contributed by atoms with Crippen molar-refractivity contribution in [1.29, 1.82) is 0 Å². The van der Waals surface area contributed by atoms with Crippen molar-refractivity contribution in [3.8, 4) is 11.5 Å². The number of halogens is 3. The molecule has 1 N–H and O–H groups in total. The molecule has 248 valence electrons. The number of carbonyl (C=O) groups excluding carboxylic acids is 2. The molecule has 5 aromatic rings. The first-order valence-corrected chi connectivity index (χ1v) is 16.2. The highest BCUT2D eigenvalue weighted by Gasteiger charge is 2.13. The monoisotopic (exact) mass is 706 g/mol. The molecule has 0 amide bonds. The molecule has 0 spiro atoms. The average Bonchev–Trinajstić information content (AvgIpc) is 3.07. The summed E-state index contributed by atoms with van der Waals surface area (Å²) in [6.07, 6.45) is 4.11. The Bertz CT molecular complexity index is 1870. The number of aromatic nitrogens is 2. The second-order valence-electron chi connectivity index (χ2n) is 10.3. The SMILES string of the molecule is CCOC(=O)c1cccc(Cc2cc(Cl)ccc2O)n1.CCOC(=O)c1cncc(Cc2cc(Cl)ccc2OCc2ccccc2Cl)c1. The van der Waals surface area contributed by atoms with Crippen LogP contribution in [0.1, 0.15) is 62.6 Å². The molecule has 0 fully saturated rings. The van der Waals surface area contributed by atoms with Crippen LogP contribution in [0.2, 0.25) is 15.1 Å². The lowest BCUT2D eigenvalue weighted by Crippen LogP contribution is -2.08. The second-order valence-corrected chi connectivity index (χ2v) is 11.6. The van der Waals surface area contributed by atoms with E-state index in [4.69, 9.17) is 49.0 Å². The van der Waals surface area contributed by atoms with Gasteiger partial charge in [-0.05, 0) is 80.1 Å². The van der Waals surface area contributed by atoms with Crippen molar-refractivity contribution in [2.24, 2.45) is 0 Å². The van der Waals surface area contributed by atoms with Gasteiger partial charge in [-0.2, -0.15) is 0 Å². The number of phenolic OH excluding ortho intramolecular Hbond substituents is 1. The molecule has 2 heterocycles. The number of ether oxygens (including phenoxy) is 3. The van der Waals surface area contributed by atoms with Crippen LogP contribution in [0.4, 0.5) is 0 Å². The predicted octanol–water partition coefficient (Wildman–Crippen LogP) is 8.94. The third-order valence-corrected chi connectivity index (χ3v) is 7.61. The van der Waals surface area contributed by atoms with Crippen molar-refractivity contribution in [1.82, 2.24) is 9.97 Å². The normalized spacial score (nSPS) is 10.4. The van der Waals surface area contributed by atoms with Gasteiger partial charge in [-0.3, -0.25) is 4.98 Å². The molecule has 0 aliphatic heterocycles. The van der Waals surface area contributed by atoms with Crippen molar-refractivity contribution >= 4 is 46.7 Å². The Kier molecular flexibility index (Phi) is 13.6. The summed E-state index contributed by atoms with van der Waals surface area (Å²) in [6, 6.07) is 24.7. The summed E-state index contributed by atoms with van der Waals surface area (Å²) in [5.74, 6) is 0.00592. The van der Waals surface area contributed by atoms with Crippen LogP contribution in [0.3, 0.4) is 0 Å². The Balaban J connectivity index is 0.000000229. The highest BCUT2D eigenvalue weighted by Crippen LogP contribution is 2.28. The van der Waals surface area contributed by atoms with E-state index in [1.165, 1.54) is 12.3 Å². The van der Waals surface area contributed by atoms with Crippen molar-refractivity contribution in [2.45, 2.75) is 33.3 Å². The maximum Gasteiger partial charge on any atom is 0.356 e. The van der Waals surface area contributed by atoms with E-state index in [9.17, 15) is 14.7 Å². The summed E-state index contributed by atoms with van der Waals surface area (Å²) < 4.78 is 15.9. The molecule has 3 aromatic carbocycles. The van der Waals surface area contributed by atoms with Crippen molar-refractivity contribution in [3.05, 3.63) is 152 Å². The van der Waals surface area contributed by atoms with Crippen LogP contribution in [0, 0.1) is 0 Å². The van der Waals surface area contributed by atoms with Gasteiger partial charge < -0.3 is 19.3 Å². The van der Waals surface area contributed by atoms with Crippen LogP contribution < -0.4 is 4.74 Å². The van der Waals surface area contributed by atoms with Gasteiger partial charge in [-0.15, -0.1) is 0 Å². The Morgan fingerprint density at radius 2 is 1.44 bits per heavy atom. The van der Waals surface area contributed by atoms with Gasteiger partial charge in [-0.1, -0.05) is 59.1 Å². The molecule has 0 unspecified atom stereocenters. The largest absolute Gasteiger partial charge is 0.508 e. The van der Waals surface area contributed by atoms with Gasteiger partial charge in [0.1, 0.15) is 23.8 Å². The zero-order chi connectivity index (χ0) is 34.5. The molecular formula is C37H33Cl3N2O6. The van der Waals surface area contributed by atoms with Gasteiger partial charge in [-0.25, -0.2) is 14.6 Å². The molecule has 0 saturated heterocycles. The van der Waals surface area contributed by atoms with Crippen LogP contribution in [0.25, 0.3) is 0 Å². The lowest BCUT2D eigenvalue weighted by Gasteiger charge is -2.13. The van der Waals surface area contributed by atoms with E-state index in [2.05, 4.69) is 9.97 Å². The van der Waals surface area contributed by atoms with Gasteiger partial charge in [0.05, 0.1) is 18.8 Å². The molecule has 5 rings (SSSR count). The number of aromatic hydroxyl groups is 1. The highest BCUT2D eigenvalue weighted by atomic mass is 35.5. The molecule has 0 aliphatic carbocycles. The van der Waals surface area contributed by atoms with Gasteiger partial charge in [0, 0.05) is 62.7 Å². The molecule has 0 radical (unpaired) electrons.